The van der Waals surface area contributed by atoms with Crippen molar-refractivity contribution in [2.75, 3.05) is 32.9 Å². The highest BCUT2D eigenvalue weighted by molar-refractivity contribution is 5.52. The first-order valence-electron chi connectivity index (χ1n) is 7.36. The highest BCUT2D eigenvalue weighted by Gasteiger charge is 2.31. The third-order valence-electron chi connectivity index (χ3n) is 4.01. The maximum Gasteiger partial charge on any atom is 0.0501 e. The van der Waals surface area contributed by atoms with E-state index in [1.165, 1.54) is 11.1 Å². The van der Waals surface area contributed by atoms with E-state index in [9.17, 15) is 5.11 Å². The lowest BCUT2D eigenvalue weighted by atomic mass is 9.81. The number of hydrogen-bond acceptors (Lipinski definition) is 3. The number of nitrogens with one attached hydrogen (secondary N) is 1. The van der Waals surface area contributed by atoms with E-state index in [4.69, 9.17) is 4.74 Å². The van der Waals surface area contributed by atoms with Gasteiger partial charge < -0.3 is 15.2 Å². The predicted octanol–water partition coefficient (Wildman–Crippen LogP) is 2.47. The van der Waals surface area contributed by atoms with Crippen LogP contribution in [0, 0.1) is 5.41 Å². The predicted molar refractivity (Wildman–Crippen MR) is 82.5 cm³/mol. The number of aliphatic hydroxyl groups excluding tert-OH is 1. The van der Waals surface area contributed by atoms with E-state index in [-0.39, 0.29) is 12.0 Å². The first-order valence-corrected chi connectivity index (χ1v) is 7.36. The van der Waals surface area contributed by atoms with Crippen molar-refractivity contribution in [1.29, 1.82) is 0 Å². The van der Waals surface area contributed by atoms with Crippen molar-refractivity contribution >= 4 is 6.08 Å². The zero-order valence-corrected chi connectivity index (χ0v) is 12.3. The lowest BCUT2D eigenvalue weighted by molar-refractivity contribution is -0.0148. The summed E-state index contributed by atoms with van der Waals surface area (Å²) in [6.07, 6.45) is 4.08. The standard InChI is InChI=1S/C17H25NO2/c1-15(11-16-5-3-2-4-6-16)12-18-13-17(14-19)7-9-20-10-8-17/h2-6,11,18-19H,7-10,12-14H2,1H3/b15-11-. The summed E-state index contributed by atoms with van der Waals surface area (Å²) in [6.45, 7) is 5.62. The molecule has 1 aromatic rings. The summed E-state index contributed by atoms with van der Waals surface area (Å²) >= 11 is 0. The summed E-state index contributed by atoms with van der Waals surface area (Å²) in [5.41, 5.74) is 2.54. The SMILES string of the molecule is C/C(=C/c1ccccc1)CNCC1(CO)CCOCC1. The second-order valence-corrected chi connectivity index (χ2v) is 5.78. The van der Waals surface area contributed by atoms with Crippen LogP contribution in [0.1, 0.15) is 25.3 Å². The van der Waals surface area contributed by atoms with E-state index in [0.717, 1.165) is 39.1 Å². The molecule has 0 bridgehead atoms. The summed E-state index contributed by atoms with van der Waals surface area (Å²) in [5, 5.41) is 13.1. The molecule has 1 aliphatic heterocycles. The van der Waals surface area contributed by atoms with E-state index >= 15 is 0 Å². The Labute approximate surface area is 121 Å². The lowest BCUT2D eigenvalue weighted by Crippen LogP contribution is -2.42. The van der Waals surface area contributed by atoms with Crippen LogP contribution < -0.4 is 5.32 Å². The highest BCUT2D eigenvalue weighted by Crippen LogP contribution is 2.28. The summed E-state index contributed by atoms with van der Waals surface area (Å²) in [5.74, 6) is 0. The van der Waals surface area contributed by atoms with Gasteiger partial charge in [0.05, 0.1) is 6.61 Å². The molecule has 3 nitrogen and oxygen atoms in total. The molecule has 0 aromatic heterocycles. The third-order valence-corrected chi connectivity index (χ3v) is 4.01. The Morgan fingerprint density at radius 2 is 2.00 bits per heavy atom. The van der Waals surface area contributed by atoms with Crippen LogP contribution in [0.5, 0.6) is 0 Å². The zero-order valence-electron chi connectivity index (χ0n) is 12.3. The molecule has 0 amide bonds. The Balaban J connectivity index is 1.81. The average molecular weight is 275 g/mol. The van der Waals surface area contributed by atoms with E-state index in [0.29, 0.717) is 0 Å². The fourth-order valence-electron chi connectivity index (χ4n) is 2.60. The second kappa shape index (κ2) is 7.58. The molecule has 3 heteroatoms. The molecule has 1 aromatic carbocycles. The van der Waals surface area contributed by atoms with E-state index in [1.54, 1.807) is 0 Å². The average Bonchev–Trinajstić information content (AvgIpc) is 2.49. The molecule has 0 aliphatic carbocycles. The molecule has 0 saturated carbocycles. The van der Waals surface area contributed by atoms with Crippen molar-refractivity contribution < 1.29 is 9.84 Å². The number of benzene rings is 1. The van der Waals surface area contributed by atoms with E-state index in [2.05, 4.69) is 42.6 Å². The van der Waals surface area contributed by atoms with Crippen LogP contribution in [0.15, 0.2) is 35.9 Å². The number of hydrogen-bond donors (Lipinski definition) is 2. The largest absolute Gasteiger partial charge is 0.396 e. The van der Waals surface area contributed by atoms with Gasteiger partial charge in [-0.15, -0.1) is 0 Å². The minimum Gasteiger partial charge on any atom is -0.396 e. The highest BCUT2D eigenvalue weighted by atomic mass is 16.5. The third kappa shape index (κ3) is 4.44. The summed E-state index contributed by atoms with van der Waals surface area (Å²) in [6, 6.07) is 10.3. The van der Waals surface area contributed by atoms with Gasteiger partial charge in [-0.25, -0.2) is 0 Å². The van der Waals surface area contributed by atoms with Gasteiger partial charge in [-0.05, 0) is 25.3 Å². The van der Waals surface area contributed by atoms with Gasteiger partial charge in [0, 0.05) is 31.7 Å². The monoisotopic (exact) mass is 275 g/mol. The van der Waals surface area contributed by atoms with Gasteiger partial charge in [-0.2, -0.15) is 0 Å². The fraction of sp³-hybridized carbons (Fsp3) is 0.529. The van der Waals surface area contributed by atoms with Crippen LogP contribution in [0.3, 0.4) is 0 Å². The van der Waals surface area contributed by atoms with Gasteiger partial charge in [-0.3, -0.25) is 0 Å². The minimum absolute atomic E-state index is 0.00524. The van der Waals surface area contributed by atoms with Gasteiger partial charge in [0.1, 0.15) is 0 Å². The van der Waals surface area contributed by atoms with Gasteiger partial charge in [-0.1, -0.05) is 42.0 Å². The Morgan fingerprint density at radius 1 is 1.30 bits per heavy atom. The van der Waals surface area contributed by atoms with Crippen molar-refractivity contribution in [2.24, 2.45) is 5.41 Å². The Hall–Kier alpha value is -1.16. The van der Waals surface area contributed by atoms with Crippen LogP contribution in [0.4, 0.5) is 0 Å². The van der Waals surface area contributed by atoms with Crippen molar-refractivity contribution in [1.82, 2.24) is 5.32 Å². The molecule has 1 aliphatic rings. The molecule has 2 rings (SSSR count). The molecule has 110 valence electrons. The number of ether oxygens (including phenoxy) is 1. The van der Waals surface area contributed by atoms with Gasteiger partial charge in [0.2, 0.25) is 0 Å². The van der Waals surface area contributed by atoms with E-state index in [1.807, 2.05) is 6.07 Å². The van der Waals surface area contributed by atoms with Crippen LogP contribution >= 0.6 is 0 Å². The number of aliphatic hydroxyl groups is 1. The molecule has 1 heterocycles. The van der Waals surface area contributed by atoms with E-state index < -0.39 is 0 Å². The van der Waals surface area contributed by atoms with Gasteiger partial charge in [0.15, 0.2) is 0 Å². The Kier molecular flexibility index (Phi) is 5.77. The topological polar surface area (TPSA) is 41.5 Å². The minimum atomic E-state index is 0.00524. The maximum absolute atomic E-state index is 9.63. The van der Waals surface area contributed by atoms with Crippen LogP contribution in [-0.2, 0) is 4.74 Å². The lowest BCUT2D eigenvalue weighted by Gasteiger charge is -2.35. The van der Waals surface area contributed by atoms with Crippen LogP contribution in [0.2, 0.25) is 0 Å². The Bertz CT molecular complexity index is 422. The molecule has 0 radical (unpaired) electrons. The van der Waals surface area contributed by atoms with Gasteiger partial charge in [0.25, 0.3) is 0 Å². The zero-order chi connectivity index (χ0) is 14.3. The summed E-state index contributed by atoms with van der Waals surface area (Å²) in [7, 11) is 0. The maximum atomic E-state index is 9.63. The van der Waals surface area contributed by atoms with Crippen molar-refractivity contribution in [3.63, 3.8) is 0 Å². The Morgan fingerprint density at radius 3 is 2.65 bits per heavy atom. The molecule has 2 N–H and O–H groups in total. The van der Waals surface area contributed by atoms with Crippen molar-refractivity contribution in [3.05, 3.63) is 41.5 Å². The summed E-state index contributed by atoms with van der Waals surface area (Å²) in [4.78, 5) is 0. The molecule has 1 fully saturated rings. The molecular weight excluding hydrogens is 250 g/mol. The molecule has 0 unspecified atom stereocenters. The molecule has 0 spiro atoms. The van der Waals surface area contributed by atoms with Crippen molar-refractivity contribution in [3.8, 4) is 0 Å². The molecule has 20 heavy (non-hydrogen) atoms. The molecule has 1 saturated heterocycles. The first-order chi connectivity index (χ1) is 9.74. The summed E-state index contributed by atoms with van der Waals surface area (Å²) < 4.78 is 5.38. The van der Waals surface area contributed by atoms with Crippen LogP contribution in [-0.4, -0.2) is 38.0 Å². The fourth-order valence-corrected chi connectivity index (χ4v) is 2.60. The second-order valence-electron chi connectivity index (χ2n) is 5.78. The first kappa shape index (κ1) is 15.2. The number of rotatable bonds is 6. The molecular formula is C17H25NO2. The quantitative estimate of drug-likeness (QED) is 0.838. The van der Waals surface area contributed by atoms with Crippen molar-refractivity contribution in [2.45, 2.75) is 19.8 Å². The normalized spacial score (nSPS) is 19.0. The molecule has 0 atom stereocenters. The smallest absolute Gasteiger partial charge is 0.0501 e. The van der Waals surface area contributed by atoms with Crippen LogP contribution in [0.25, 0.3) is 6.08 Å². The van der Waals surface area contributed by atoms with Gasteiger partial charge >= 0.3 is 0 Å².